The highest BCUT2D eigenvalue weighted by Crippen LogP contribution is 2.54. The first-order valence-electron chi connectivity index (χ1n) is 6.51. The Hall–Kier alpha value is -2.31. The summed E-state index contributed by atoms with van der Waals surface area (Å²) in [5, 5.41) is 20.9. The first-order chi connectivity index (χ1) is 9.50. The molecule has 3 heteroatoms. The van der Waals surface area contributed by atoms with Crippen LogP contribution in [0.1, 0.15) is 25.0 Å². The third-order valence-corrected chi connectivity index (χ3v) is 3.96. The van der Waals surface area contributed by atoms with Gasteiger partial charge in [0, 0.05) is 11.1 Å². The lowest BCUT2D eigenvalue weighted by Crippen LogP contribution is -2.44. The van der Waals surface area contributed by atoms with E-state index in [4.69, 9.17) is 4.74 Å². The second-order valence-electron chi connectivity index (χ2n) is 5.54. The Morgan fingerprint density at radius 1 is 1.00 bits per heavy atom. The van der Waals surface area contributed by atoms with E-state index in [1.54, 1.807) is 13.8 Å². The van der Waals surface area contributed by atoms with E-state index in [0.29, 0.717) is 22.6 Å². The Labute approximate surface area is 118 Å². The van der Waals surface area contributed by atoms with Crippen LogP contribution < -0.4 is 4.74 Å². The molecule has 0 bridgehead atoms. The van der Waals surface area contributed by atoms with Crippen LogP contribution in [0.2, 0.25) is 0 Å². The largest absolute Gasteiger partial charge is 0.457 e. The highest BCUT2D eigenvalue weighted by Gasteiger charge is 2.51. The number of hydrogen-bond donors (Lipinski definition) is 1. The summed E-state index contributed by atoms with van der Waals surface area (Å²) in [6.45, 7) is 3.48. The van der Waals surface area contributed by atoms with Gasteiger partial charge in [-0.3, -0.25) is 0 Å². The van der Waals surface area contributed by atoms with Crippen molar-refractivity contribution in [2.75, 3.05) is 0 Å². The SMILES string of the molecule is CC(C)(C#N)C1(O)c2ccccc2Oc2ccccc21. The van der Waals surface area contributed by atoms with Crippen molar-refractivity contribution in [3.8, 4) is 17.6 Å². The number of hydrogen-bond acceptors (Lipinski definition) is 3. The highest BCUT2D eigenvalue weighted by molar-refractivity contribution is 5.57. The molecular formula is C17H15NO2. The topological polar surface area (TPSA) is 53.2 Å². The molecule has 20 heavy (non-hydrogen) atoms. The first kappa shape index (κ1) is 12.7. The summed E-state index contributed by atoms with van der Waals surface area (Å²) < 4.78 is 5.84. The van der Waals surface area contributed by atoms with Gasteiger partial charge in [0.15, 0.2) is 0 Å². The van der Waals surface area contributed by atoms with Gasteiger partial charge in [0.1, 0.15) is 17.1 Å². The summed E-state index contributed by atoms with van der Waals surface area (Å²) in [5.41, 5.74) is -1.12. The molecule has 0 saturated heterocycles. The molecule has 0 fully saturated rings. The van der Waals surface area contributed by atoms with Crippen LogP contribution in [0.4, 0.5) is 0 Å². The summed E-state index contributed by atoms with van der Waals surface area (Å²) in [6.07, 6.45) is 0. The van der Waals surface area contributed by atoms with Gasteiger partial charge in [-0.1, -0.05) is 36.4 Å². The van der Waals surface area contributed by atoms with E-state index < -0.39 is 11.0 Å². The van der Waals surface area contributed by atoms with Crippen LogP contribution in [-0.4, -0.2) is 5.11 Å². The summed E-state index contributed by atoms with van der Waals surface area (Å²) in [7, 11) is 0. The van der Waals surface area contributed by atoms with Gasteiger partial charge < -0.3 is 9.84 Å². The Kier molecular flexibility index (Phi) is 2.60. The zero-order valence-electron chi connectivity index (χ0n) is 11.4. The molecule has 1 heterocycles. The molecule has 1 aliphatic heterocycles. The van der Waals surface area contributed by atoms with E-state index in [-0.39, 0.29) is 0 Å². The predicted octanol–water partition coefficient (Wildman–Crippen LogP) is 3.58. The van der Waals surface area contributed by atoms with Crippen molar-refractivity contribution in [2.24, 2.45) is 5.41 Å². The molecule has 3 rings (SSSR count). The number of benzene rings is 2. The van der Waals surface area contributed by atoms with Crippen molar-refractivity contribution in [3.05, 3.63) is 59.7 Å². The van der Waals surface area contributed by atoms with E-state index in [1.165, 1.54) is 0 Å². The zero-order valence-corrected chi connectivity index (χ0v) is 11.4. The molecule has 0 saturated carbocycles. The number of aliphatic hydroxyl groups is 1. The minimum absolute atomic E-state index is 0.594. The molecule has 0 amide bonds. The third kappa shape index (κ3) is 1.49. The lowest BCUT2D eigenvalue weighted by molar-refractivity contribution is -0.0128. The average molecular weight is 265 g/mol. The summed E-state index contributed by atoms with van der Waals surface area (Å²) in [4.78, 5) is 0. The van der Waals surface area contributed by atoms with E-state index in [9.17, 15) is 10.4 Å². The van der Waals surface area contributed by atoms with E-state index >= 15 is 0 Å². The first-order valence-corrected chi connectivity index (χ1v) is 6.51. The Bertz CT molecular complexity index is 667. The zero-order chi connectivity index (χ0) is 14.4. The van der Waals surface area contributed by atoms with Crippen molar-refractivity contribution in [1.82, 2.24) is 0 Å². The predicted molar refractivity (Wildman–Crippen MR) is 75.4 cm³/mol. The second kappa shape index (κ2) is 4.09. The quantitative estimate of drug-likeness (QED) is 0.857. The van der Waals surface area contributed by atoms with Crippen molar-refractivity contribution >= 4 is 0 Å². The third-order valence-electron chi connectivity index (χ3n) is 3.96. The molecule has 0 spiro atoms. The van der Waals surface area contributed by atoms with Gasteiger partial charge in [0.25, 0.3) is 0 Å². The number of nitrogens with zero attached hydrogens (tertiary/aromatic N) is 1. The van der Waals surface area contributed by atoms with E-state index in [1.807, 2.05) is 48.5 Å². The molecule has 0 atom stereocenters. The summed E-state index contributed by atoms with van der Waals surface area (Å²) in [6, 6.07) is 16.9. The van der Waals surface area contributed by atoms with Gasteiger partial charge in [-0.2, -0.15) is 5.26 Å². The maximum atomic E-state index is 11.4. The van der Waals surface area contributed by atoms with Crippen LogP contribution in [0.3, 0.4) is 0 Å². The smallest absolute Gasteiger partial charge is 0.140 e. The Morgan fingerprint density at radius 3 is 1.90 bits per heavy atom. The normalized spacial score (nSPS) is 15.5. The molecule has 1 N–H and O–H groups in total. The maximum Gasteiger partial charge on any atom is 0.140 e. The summed E-state index contributed by atoms with van der Waals surface area (Å²) >= 11 is 0. The monoisotopic (exact) mass is 265 g/mol. The average Bonchev–Trinajstić information content (AvgIpc) is 2.47. The van der Waals surface area contributed by atoms with Crippen LogP contribution in [0.5, 0.6) is 11.5 Å². The van der Waals surface area contributed by atoms with E-state index in [0.717, 1.165) is 0 Å². The molecule has 3 nitrogen and oxygen atoms in total. The molecular weight excluding hydrogens is 250 g/mol. The molecule has 0 unspecified atom stereocenters. The Morgan fingerprint density at radius 2 is 1.45 bits per heavy atom. The van der Waals surface area contributed by atoms with Gasteiger partial charge in [0.05, 0.1) is 11.5 Å². The maximum absolute atomic E-state index is 11.4. The highest BCUT2D eigenvalue weighted by atomic mass is 16.5. The number of fused-ring (bicyclic) bond motifs is 2. The fourth-order valence-electron chi connectivity index (χ4n) is 2.73. The van der Waals surface area contributed by atoms with Crippen molar-refractivity contribution in [3.63, 3.8) is 0 Å². The van der Waals surface area contributed by atoms with Gasteiger partial charge in [-0.25, -0.2) is 0 Å². The Balaban J connectivity index is 2.37. The van der Waals surface area contributed by atoms with Crippen molar-refractivity contribution in [2.45, 2.75) is 19.4 Å². The molecule has 0 aliphatic carbocycles. The van der Waals surface area contributed by atoms with Crippen molar-refractivity contribution < 1.29 is 9.84 Å². The molecule has 2 aromatic rings. The molecule has 100 valence electrons. The lowest BCUT2D eigenvalue weighted by Gasteiger charge is -2.42. The fraction of sp³-hybridized carbons (Fsp3) is 0.235. The fourth-order valence-corrected chi connectivity index (χ4v) is 2.73. The molecule has 0 aromatic heterocycles. The van der Waals surface area contributed by atoms with Gasteiger partial charge in [-0.15, -0.1) is 0 Å². The lowest BCUT2D eigenvalue weighted by atomic mass is 9.66. The minimum Gasteiger partial charge on any atom is -0.457 e. The van der Waals surface area contributed by atoms with E-state index in [2.05, 4.69) is 6.07 Å². The van der Waals surface area contributed by atoms with Gasteiger partial charge in [-0.05, 0) is 26.0 Å². The molecule has 2 aromatic carbocycles. The molecule has 1 aliphatic rings. The minimum atomic E-state index is -1.40. The van der Waals surface area contributed by atoms with Crippen LogP contribution in [0.15, 0.2) is 48.5 Å². The second-order valence-corrected chi connectivity index (χ2v) is 5.54. The standard InChI is InChI=1S/C17H15NO2/c1-16(2,11-18)17(19)12-7-3-5-9-14(12)20-15-10-6-4-8-13(15)17/h3-10,19H,1-2H3. The van der Waals surface area contributed by atoms with Crippen molar-refractivity contribution in [1.29, 1.82) is 5.26 Å². The number of nitriles is 1. The molecule has 0 radical (unpaired) electrons. The number of rotatable bonds is 1. The number of ether oxygens (including phenoxy) is 1. The van der Waals surface area contributed by atoms with Crippen LogP contribution in [0, 0.1) is 16.7 Å². The summed E-state index contributed by atoms with van der Waals surface area (Å²) in [5.74, 6) is 1.19. The van der Waals surface area contributed by atoms with Gasteiger partial charge >= 0.3 is 0 Å². The van der Waals surface area contributed by atoms with Crippen LogP contribution >= 0.6 is 0 Å². The van der Waals surface area contributed by atoms with Crippen LogP contribution in [0.25, 0.3) is 0 Å². The van der Waals surface area contributed by atoms with Gasteiger partial charge in [0.2, 0.25) is 0 Å². The van der Waals surface area contributed by atoms with Crippen LogP contribution in [-0.2, 0) is 5.60 Å². The number of para-hydroxylation sites is 2.